The lowest BCUT2D eigenvalue weighted by Gasteiger charge is -2.32. The lowest BCUT2D eigenvalue weighted by molar-refractivity contribution is -0.138. The Morgan fingerprint density at radius 2 is 1.10 bits per heavy atom. The fourth-order valence-electron chi connectivity index (χ4n) is 5.51. The number of carboxylic acid groups (broad SMARTS) is 1. The van der Waals surface area contributed by atoms with Gasteiger partial charge in [0.2, 0.25) is 5.91 Å². The van der Waals surface area contributed by atoms with Crippen molar-refractivity contribution in [2.45, 2.75) is 80.1 Å². The van der Waals surface area contributed by atoms with Gasteiger partial charge in [-0.25, -0.2) is 4.79 Å². The number of nitrogens with zero attached hydrogens (tertiary/aromatic N) is 3. The number of amides is 1. The van der Waals surface area contributed by atoms with Gasteiger partial charge in [-0.2, -0.15) is 0 Å². The van der Waals surface area contributed by atoms with E-state index in [1.54, 1.807) is 13.8 Å². The van der Waals surface area contributed by atoms with Crippen LogP contribution in [0.1, 0.15) is 80.1 Å². The van der Waals surface area contributed by atoms with E-state index in [0.29, 0.717) is 63.0 Å². The summed E-state index contributed by atoms with van der Waals surface area (Å²) in [6.45, 7) is 12.1. The molecule has 2 saturated carbocycles. The van der Waals surface area contributed by atoms with Gasteiger partial charge in [0.15, 0.2) is 0 Å². The fourth-order valence-corrected chi connectivity index (χ4v) is 5.51. The largest absolute Gasteiger partial charge is 0.478 e. The van der Waals surface area contributed by atoms with E-state index < -0.39 is 23.7 Å². The number of Topliss-reactive ketones (excluding diaryl/α,β-unsaturated/α-hetero) is 4. The molecule has 0 aromatic heterocycles. The highest BCUT2D eigenvalue weighted by molar-refractivity contribution is 6.22. The SMILES string of the molecule is CC(=NCCCN(CCCN=C(C)C1C(=O)CC(C)(C)CC1=O)C(=O)C=CC(=O)O)C1C(=O)CC(C)(C)CC1=O. The molecule has 1 N–H and O–H groups in total. The number of carbonyl (C=O) groups is 6. The van der Waals surface area contributed by atoms with Gasteiger partial charge in [0.1, 0.15) is 35.0 Å². The van der Waals surface area contributed by atoms with E-state index in [9.17, 15) is 28.8 Å². The maximum atomic E-state index is 12.6. The molecule has 10 heteroatoms. The molecular formula is C30H43N3O7. The lowest BCUT2D eigenvalue weighted by Crippen LogP contribution is -2.41. The highest BCUT2D eigenvalue weighted by atomic mass is 16.4. The van der Waals surface area contributed by atoms with Gasteiger partial charge in [0.25, 0.3) is 0 Å². The Bertz CT molecular complexity index is 1020. The molecule has 0 aromatic rings. The van der Waals surface area contributed by atoms with Gasteiger partial charge >= 0.3 is 5.97 Å². The second-order valence-electron chi connectivity index (χ2n) is 12.5. The molecule has 0 aromatic carbocycles. The Balaban J connectivity index is 1.96. The van der Waals surface area contributed by atoms with Crippen LogP contribution in [-0.4, -0.2) is 82.6 Å². The van der Waals surface area contributed by atoms with Gasteiger partial charge in [0.05, 0.1) is 0 Å². The van der Waals surface area contributed by atoms with Crippen LogP contribution in [0.15, 0.2) is 22.1 Å². The number of aliphatic carboxylic acids is 1. The Hall–Kier alpha value is -3.30. The Morgan fingerprint density at radius 1 is 0.750 bits per heavy atom. The maximum absolute atomic E-state index is 12.6. The van der Waals surface area contributed by atoms with Crippen molar-refractivity contribution < 1.29 is 33.9 Å². The summed E-state index contributed by atoms with van der Waals surface area (Å²) in [7, 11) is 0. The third-order valence-electron chi connectivity index (χ3n) is 7.31. The molecule has 220 valence electrons. The molecule has 0 saturated heterocycles. The molecule has 0 spiro atoms. The van der Waals surface area contributed by atoms with E-state index in [4.69, 9.17) is 5.11 Å². The van der Waals surface area contributed by atoms with Crippen molar-refractivity contribution in [2.24, 2.45) is 32.7 Å². The molecule has 10 nitrogen and oxygen atoms in total. The van der Waals surface area contributed by atoms with Crippen molar-refractivity contribution in [3.8, 4) is 0 Å². The van der Waals surface area contributed by atoms with Crippen LogP contribution in [0.25, 0.3) is 0 Å². The minimum absolute atomic E-state index is 0.116. The van der Waals surface area contributed by atoms with Crippen LogP contribution in [0.2, 0.25) is 0 Å². The summed E-state index contributed by atoms with van der Waals surface area (Å²) in [6.07, 6.45) is 4.00. The van der Waals surface area contributed by atoms with Crippen molar-refractivity contribution in [2.75, 3.05) is 26.2 Å². The molecule has 2 rings (SSSR count). The van der Waals surface area contributed by atoms with Gasteiger partial charge in [-0.05, 0) is 37.5 Å². The zero-order chi connectivity index (χ0) is 30.3. The topological polar surface area (TPSA) is 151 Å². The third-order valence-corrected chi connectivity index (χ3v) is 7.31. The van der Waals surface area contributed by atoms with Crippen LogP contribution in [-0.2, 0) is 28.8 Å². The van der Waals surface area contributed by atoms with E-state index in [1.165, 1.54) is 4.90 Å². The number of hydrogen-bond acceptors (Lipinski definition) is 8. The molecule has 2 aliphatic carbocycles. The number of carbonyl (C=O) groups excluding carboxylic acids is 5. The second kappa shape index (κ2) is 13.9. The van der Waals surface area contributed by atoms with Crippen LogP contribution in [0, 0.1) is 22.7 Å². The quantitative estimate of drug-likeness (QED) is 0.167. The Morgan fingerprint density at radius 3 is 1.43 bits per heavy atom. The first-order valence-corrected chi connectivity index (χ1v) is 13.9. The van der Waals surface area contributed by atoms with Gasteiger partial charge in [-0.1, -0.05) is 27.7 Å². The predicted molar refractivity (Wildman–Crippen MR) is 152 cm³/mol. The van der Waals surface area contributed by atoms with E-state index >= 15 is 0 Å². The van der Waals surface area contributed by atoms with Crippen molar-refractivity contribution in [3.63, 3.8) is 0 Å². The first-order valence-electron chi connectivity index (χ1n) is 13.9. The Kier molecular flexibility index (Phi) is 11.4. The molecule has 0 radical (unpaired) electrons. The molecule has 0 heterocycles. The minimum atomic E-state index is -1.23. The highest BCUT2D eigenvalue weighted by Gasteiger charge is 2.41. The van der Waals surface area contributed by atoms with Crippen molar-refractivity contribution in [1.29, 1.82) is 0 Å². The first kappa shape index (κ1) is 32.9. The van der Waals surface area contributed by atoms with Gasteiger partial charge in [-0.3, -0.25) is 34.0 Å². The number of carboxylic acids is 1. The average molecular weight is 558 g/mol. The summed E-state index contributed by atoms with van der Waals surface area (Å²) in [4.78, 5) is 84.0. The van der Waals surface area contributed by atoms with Gasteiger partial charge in [-0.15, -0.1) is 0 Å². The van der Waals surface area contributed by atoms with Crippen molar-refractivity contribution in [1.82, 2.24) is 4.90 Å². The Labute approximate surface area is 236 Å². The van der Waals surface area contributed by atoms with Crippen LogP contribution in [0.3, 0.4) is 0 Å². The van der Waals surface area contributed by atoms with Gasteiger partial charge < -0.3 is 10.0 Å². The fraction of sp³-hybridized carbons (Fsp3) is 0.667. The monoisotopic (exact) mass is 557 g/mol. The van der Waals surface area contributed by atoms with E-state index in [2.05, 4.69) is 9.98 Å². The number of aliphatic imine (C=N–C) groups is 2. The lowest BCUT2D eigenvalue weighted by atomic mass is 9.70. The summed E-state index contributed by atoms with van der Waals surface area (Å²) >= 11 is 0. The van der Waals surface area contributed by atoms with Crippen LogP contribution < -0.4 is 0 Å². The second-order valence-corrected chi connectivity index (χ2v) is 12.5. The smallest absolute Gasteiger partial charge is 0.328 e. The maximum Gasteiger partial charge on any atom is 0.328 e. The third kappa shape index (κ3) is 9.71. The van der Waals surface area contributed by atoms with E-state index in [1.807, 2.05) is 27.7 Å². The van der Waals surface area contributed by atoms with E-state index in [0.717, 1.165) is 12.2 Å². The average Bonchev–Trinajstić information content (AvgIpc) is 2.78. The molecule has 0 unspecified atom stereocenters. The van der Waals surface area contributed by atoms with Crippen molar-refractivity contribution >= 4 is 46.4 Å². The molecule has 0 aliphatic heterocycles. The highest BCUT2D eigenvalue weighted by Crippen LogP contribution is 2.35. The summed E-state index contributed by atoms with van der Waals surface area (Å²) < 4.78 is 0. The summed E-state index contributed by atoms with van der Waals surface area (Å²) in [5.74, 6) is -3.78. The molecule has 2 aliphatic rings. The zero-order valence-corrected chi connectivity index (χ0v) is 24.6. The molecule has 1 amide bonds. The molecule has 2 fully saturated rings. The molecule has 40 heavy (non-hydrogen) atoms. The van der Waals surface area contributed by atoms with Crippen LogP contribution in [0.4, 0.5) is 0 Å². The first-order chi connectivity index (χ1) is 18.5. The number of ketones is 4. The molecule has 0 bridgehead atoms. The standard InChI is InChI=1S/C30H43N3O7/c1-19(27-21(34)15-29(3,4)16-22(27)35)31-11-7-13-33(25(38)9-10-26(39)40)14-8-12-32-20(2)28-23(36)17-30(5,6)18-24(28)37/h9-10,27-28H,7-8,11-18H2,1-6H3,(H,39,40). The minimum Gasteiger partial charge on any atom is -0.478 e. The van der Waals surface area contributed by atoms with Crippen LogP contribution in [0.5, 0.6) is 0 Å². The number of hydrogen-bond donors (Lipinski definition) is 1. The normalized spacial score (nSPS) is 20.9. The summed E-state index contributed by atoms with van der Waals surface area (Å²) in [5, 5.41) is 8.89. The van der Waals surface area contributed by atoms with Crippen LogP contribution >= 0.6 is 0 Å². The van der Waals surface area contributed by atoms with Crippen molar-refractivity contribution in [3.05, 3.63) is 12.2 Å². The molecule has 0 atom stereocenters. The summed E-state index contributed by atoms with van der Waals surface area (Å²) in [6, 6.07) is 0. The number of rotatable bonds is 12. The van der Waals surface area contributed by atoms with E-state index in [-0.39, 0.29) is 47.1 Å². The van der Waals surface area contributed by atoms with Gasteiger partial charge in [0, 0.05) is 75.4 Å². The summed E-state index contributed by atoms with van der Waals surface area (Å²) in [5.41, 5.74) is 0.287. The molecular weight excluding hydrogens is 514 g/mol. The zero-order valence-electron chi connectivity index (χ0n) is 24.6. The predicted octanol–water partition coefficient (Wildman–Crippen LogP) is 3.31.